The lowest BCUT2D eigenvalue weighted by Gasteiger charge is -2.10. The summed E-state index contributed by atoms with van der Waals surface area (Å²) in [5.74, 6) is 0.866. The van der Waals surface area contributed by atoms with Gasteiger partial charge in [-0.25, -0.2) is 0 Å². The Morgan fingerprint density at radius 2 is 2.00 bits per heavy atom. The number of hydrogen-bond acceptors (Lipinski definition) is 2. The van der Waals surface area contributed by atoms with E-state index in [1.165, 1.54) is 0 Å². The quantitative estimate of drug-likeness (QED) is 0.750. The van der Waals surface area contributed by atoms with Crippen molar-refractivity contribution in [3.8, 4) is 5.75 Å². The predicted molar refractivity (Wildman–Crippen MR) is 64.0 cm³/mol. The molecule has 82 valence electrons. The summed E-state index contributed by atoms with van der Waals surface area (Å²) < 4.78 is 5.50. The van der Waals surface area contributed by atoms with E-state index in [1.807, 2.05) is 31.2 Å². The van der Waals surface area contributed by atoms with Crippen LogP contribution in [0.15, 0.2) is 36.4 Å². The fourth-order valence-corrected chi connectivity index (χ4v) is 1.25. The van der Waals surface area contributed by atoms with Crippen LogP contribution in [0.1, 0.15) is 31.9 Å². The van der Waals surface area contributed by atoms with Crippen molar-refractivity contribution in [1.82, 2.24) is 0 Å². The summed E-state index contributed by atoms with van der Waals surface area (Å²) in [4.78, 5) is 0. The number of benzene rings is 1. The van der Waals surface area contributed by atoms with Gasteiger partial charge in [-0.1, -0.05) is 25.6 Å². The van der Waals surface area contributed by atoms with Crippen LogP contribution in [-0.2, 0) is 0 Å². The van der Waals surface area contributed by atoms with E-state index in [1.54, 1.807) is 0 Å². The fourth-order valence-electron chi connectivity index (χ4n) is 1.25. The molecule has 1 aromatic rings. The molecule has 0 amide bonds. The molecule has 0 radical (unpaired) electrons. The first-order chi connectivity index (χ1) is 7.13. The van der Waals surface area contributed by atoms with Crippen molar-refractivity contribution in [3.63, 3.8) is 0 Å². The van der Waals surface area contributed by atoms with Gasteiger partial charge < -0.3 is 10.5 Å². The van der Waals surface area contributed by atoms with Crippen molar-refractivity contribution in [2.24, 2.45) is 5.73 Å². The molecule has 1 rings (SSSR count). The zero-order chi connectivity index (χ0) is 11.3. The highest BCUT2D eigenvalue weighted by Gasteiger charge is 2.02. The topological polar surface area (TPSA) is 35.2 Å². The Bertz CT molecular complexity index is 316. The van der Waals surface area contributed by atoms with Gasteiger partial charge in [0.05, 0.1) is 0 Å². The predicted octanol–water partition coefficient (Wildman–Crippen LogP) is 3.05. The minimum atomic E-state index is 0.125. The molecule has 0 aliphatic rings. The first-order valence-corrected chi connectivity index (χ1v) is 5.26. The van der Waals surface area contributed by atoms with Crippen molar-refractivity contribution in [2.75, 3.05) is 6.61 Å². The maximum atomic E-state index is 5.91. The minimum absolute atomic E-state index is 0.125. The third-order valence-corrected chi connectivity index (χ3v) is 2.23. The maximum Gasteiger partial charge on any atom is 0.119 e. The lowest BCUT2D eigenvalue weighted by molar-refractivity contribution is 0.352. The van der Waals surface area contributed by atoms with Crippen LogP contribution < -0.4 is 10.5 Å². The maximum absolute atomic E-state index is 5.91. The molecule has 0 saturated heterocycles. The molecule has 0 heterocycles. The second-order valence-corrected chi connectivity index (χ2v) is 3.83. The molecule has 0 unspecified atom stereocenters. The standard InChI is InChI=1S/C13H19NO/c1-4-13(14)11-5-7-12(8-6-11)15-9-10(2)3/h5-8,13H,2,4,9,14H2,1,3H3/t13-/m1/s1. The van der Waals surface area contributed by atoms with E-state index in [4.69, 9.17) is 10.5 Å². The van der Waals surface area contributed by atoms with Crippen molar-refractivity contribution < 1.29 is 4.74 Å². The summed E-state index contributed by atoms with van der Waals surface area (Å²) in [6.07, 6.45) is 0.950. The van der Waals surface area contributed by atoms with Crippen LogP contribution >= 0.6 is 0 Å². The van der Waals surface area contributed by atoms with E-state index < -0.39 is 0 Å². The van der Waals surface area contributed by atoms with E-state index in [9.17, 15) is 0 Å². The Labute approximate surface area is 91.7 Å². The second kappa shape index (κ2) is 5.56. The fraction of sp³-hybridized carbons (Fsp3) is 0.385. The Hall–Kier alpha value is -1.28. The molecule has 0 aliphatic heterocycles. The van der Waals surface area contributed by atoms with Gasteiger partial charge in [0.15, 0.2) is 0 Å². The summed E-state index contributed by atoms with van der Waals surface area (Å²) >= 11 is 0. The molecule has 0 fully saturated rings. The molecule has 0 aromatic heterocycles. The SMILES string of the molecule is C=C(C)COc1ccc([C@H](N)CC)cc1. The highest BCUT2D eigenvalue weighted by molar-refractivity contribution is 5.29. The zero-order valence-electron chi connectivity index (χ0n) is 9.49. The van der Waals surface area contributed by atoms with E-state index in [-0.39, 0.29) is 6.04 Å². The van der Waals surface area contributed by atoms with Gasteiger partial charge in [0.2, 0.25) is 0 Å². The van der Waals surface area contributed by atoms with Gasteiger partial charge >= 0.3 is 0 Å². The lowest BCUT2D eigenvalue weighted by atomic mass is 10.1. The highest BCUT2D eigenvalue weighted by atomic mass is 16.5. The van der Waals surface area contributed by atoms with Crippen LogP contribution in [0.5, 0.6) is 5.75 Å². The number of rotatable bonds is 5. The molecule has 1 aromatic carbocycles. The van der Waals surface area contributed by atoms with Gasteiger partial charge in [0, 0.05) is 6.04 Å². The monoisotopic (exact) mass is 205 g/mol. The largest absolute Gasteiger partial charge is 0.489 e. The first-order valence-electron chi connectivity index (χ1n) is 5.26. The van der Waals surface area contributed by atoms with Gasteiger partial charge in [-0.3, -0.25) is 0 Å². The minimum Gasteiger partial charge on any atom is -0.489 e. The molecular weight excluding hydrogens is 186 g/mol. The van der Waals surface area contributed by atoms with Crippen LogP contribution in [0.3, 0.4) is 0 Å². The molecule has 0 bridgehead atoms. The molecule has 1 atom stereocenters. The zero-order valence-corrected chi connectivity index (χ0v) is 9.49. The smallest absolute Gasteiger partial charge is 0.119 e. The highest BCUT2D eigenvalue weighted by Crippen LogP contribution is 2.18. The molecule has 2 nitrogen and oxygen atoms in total. The van der Waals surface area contributed by atoms with Crippen molar-refractivity contribution >= 4 is 0 Å². The van der Waals surface area contributed by atoms with Gasteiger partial charge in [-0.15, -0.1) is 0 Å². The molecule has 2 N–H and O–H groups in total. The van der Waals surface area contributed by atoms with E-state index in [0.29, 0.717) is 6.61 Å². The average molecular weight is 205 g/mol. The Kier molecular flexibility index (Phi) is 4.37. The Morgan fingerprint density at radius 1 is 1.40 bits per heavy atom. The third-order valence-electron chi connectivity index (χ3n) is 2.23. The first kappa shape index (κ1) is 11.8. The summed E-state index contributed by atoms with van der Waals surface area (Å²) in [7, 11) is 0. The molecular formula is C13H19NO. The normalized spacial score (nSPS) is 12.2. The Morgan fingerprint density at radius 3 is 2.47 bits per heavy atom. The van der Waals surface area contributed by atoms with Crippen LogP contribution in [0.2, 0.25) is 0 Å². The van der Waals surface area contributed by atoms with Crippen molar-refractivity contribution in [1.29, 1.82) is 0 Å². The summed E-state index contributed by atoms with van der Waals surface area (Å²) in [5, 5.41) is 0. The van der Waals surface area contributed by atoms with Gasteiger partial charge in [-0.05, 0) is 36.6 Å². The second-order valence-electron chi connectivity index (χ2n) is 3.83. The summed E-state index contributed by atoms with van der Waals surface area (Å²) in [5.41, 5.74) is 8.08. The number of ether oxygens (including phenoxy) is 1. The molecule has 2 heteroatoms. The van der Waals surface area contributed by atoms with Crippen molar-refractivity contribution in [3.05, 3.63) is 42.0 Å². The lowest BCUT2D eigenvalue weighted by Crippen LogP contribution is -2.08. The van der Waals surface area contributed by atoms with Gasteiger partial charge in [0.1, 0.15) is 12.4 Å². The van der Waals surface area contributed by atoms with Crippen LogP contribution in [-0.4, -0.2) is 6.61 Å². The average Bonchev–Trinajstić information content (AvgIpc) is 2.26. The Balaban J connectivity index is 2.60. The molecule has 0 saturated carbocycles. The molecule has 0 spiro atoms. The van der Waals surface area contributed by atoms with E-state index in [2.05, 4.69) is 13.5 Å². The van der Waals surface area contributed by atoms with Gasteiger partial charge in [-0.2, -0.15) is 0 Å². The number of hydrogen-bond donors (Lipinski definition) is 1. The van der Waals surface area contributed by atoms with Crippen LogP contribution in [0.25, 0.3) is 0 Å². The molecule has 0 aliphatic carbocycles. The third kappa shape index (κ3) is 3.76. The van der Waals surface area contributed by atoms with E-state index in [0.717, 1.165) is 23.3 Å². The van der Waals surface area contributed by atoms with Gasteiger partial charge in [0.25, 0.3) is 0 Å². The van der Waals surface area contributed by atoms with Crippen LogP contribution in [0.4, 0.5) is 0 Å². The van der Waals surface area contributed by atoms with Crippen LogP contribution in [0, 0.1) is 0 Å². The summed E-state index contributed by atoms with van der Waals surface area (Å²) in [6.45, 7) is 8.38. The summed E-state index contributed by atoms with van der Waals surface area (Å²) in [6, 6.07) is 8.06. The van der Waals surface area contributed by atoms with E-state index >= 15 is 0 Å². The number of nitrogens with two attached hydrogens (primary N) is 1. The molecule has 15 heavy (non-hydrogen) atoms. The van der Waals surface area contributed by atoms with Crippen molar-refractivity contribution in [2.45, 2.75) is 26.3 Å².